The molecule has 2 aromatic rings. The molecule has 1 aliphatic rings. The second-order valence-electron chi connectivity index (χ2n) is 5.62. The van der Waals surface area contributed by atoms with E-state index in [1.54, 1.807) is 30.4 Å². The first kappa shape index (κ1) is 18.4. The number of halogens is 3. The Labute approximate surface area is 159 Å². The first-order valence-electron chi connectivity index (χ1n) is 7.74. The van der Waals surface area contributed by atoms with Gasteiger partial charge in [0.15, 0.2) is 0 Å². The van der Waals surface area contributed by atoms with Crippen LogP contribution in [-0.2, 0) is 4.79 Å². The zero-order chi connectivity index (χ0) is 18.7. The molecule has 7 heteroatoms. The SMILES string of the molecule is C[C@@H](C=O)NC(=O)c1ccc2c(c1F)C(/C=C/c1cccc(F)c1)=N[I-]2. The van der Waals surface area contributed by atoms with Gasteiger partial charge in [-0.25, -0.2) is 0 Å². The summed E-state index contributed by atoms with van der Waals surface area (Å²) in [5.41, 5.74) is 1.24. The molecule has 0 fully saturated rings. The quantitative estimate of drug-likeness (QED) is 0.497. The Morgan fingerprint density at radius 3 is 2.77 bits per heavy atom. The number of hydrogen-bond donors (Lipinski definition) is 1. The summed E-state index contributed by atoms with van der Waals surface area (Å²) in [6.07, 6.45) is 3.85. The van der Waals surface area contributed by atoms with Crippen molar-refractivity contribution in [2.75, 3.05) is 0 Å². The van der Waals surface area contributed by atoms with Crippen LogP contribution in [0.15, 0.2) is 45.7 Å². The van der Waals surface area contributed by atoms with Crippen molar-refractivity contribution in [3.8, 4) is 0 Å². The third kappa shape index (κ3) is 3.87. The van der Waals surface area contributed by atoms with E-state index < -0.39 is 39.2 Å². The van der Waals surface area contributed by atoms with Crippen LogP contribution in [0.3, 0.4) is 0 Å². The van der Waals surface area contributed by atoms with E-state index >= 15 is 0 Å². The van der Waals surface area contributed by atoms with E-state index in [0.29, 0.717) is 23.1 Å². The Hall–Kier alpha value is -2.42. The molecule has 0 bridgehead atoms. The first-order valence-corrected chi connectivity index (χ1v) is 9.79. The summed E-state index contributed by atoms with van der Waals surface area (Å²) in [5.74, 6) is -1.66. The molecule has 0 radical (unpaired) electrons. The number of carbonyl (C=O) groups is 2. The van der Waals surface area contributed by atoms with Gasteiger partial charge in [0.1, 0.15) is 0 Å². The molecule has 26 heavy (non-hydrogen) atoms. The average molecular weight is 467 g/mol. The number of hydrogen-bond acceptors (Lipinski definition) is 3. The molecule has 1 atom stereocenters. The van der Waals surface area contributed by atoms with Crippen LogP contribution in [0.25, 0.3) is 6.08 Å². The summed E-state index contributed by atoms with van der Waals surface area (Å²) in [6, 6.07) is 8.42. The topological polar surface area (TPSA) is 58.5 Å². The van der Waals surface area contributed by atoms with Crippen molar-refractivity contribution in [1.29, 1.82) is 0 Å². The van der Waals surface area contributed by atoms with Crippen LogP contribution in [0, 0.1) is 15.2 Å². The number of nitrogens with one attached hydrogen (secondary N) is 1. The fourth-order valence-corrected chi connectivity index (χ4v) is 4.40. The Morgan fingerprint density at radius 1 is 1.23 bits per heavy atom. The Bertz CT molecular complexity index is 941. The van der Waals surface area contributed by atoms with Crippen molar-refractivity contribution in [3.05, 3.63) is 74.4 Å². The predicted octanol–water partition coefficient (Wildman–Crippen LogP) is -0.0283. The second kappa shape index (κ2) is 7.86. The second-order valence-corrected chi connectivity index (χ2v) is 7.75. The number of allylic oxidation sites excluding steroid dienone is 1. The van der Waals surface area contributed by atoms with Crippen LogP contribution in [0.2, 0.25) is 0 Å². The zero-order valence-electron chi connectivity index (χ0n) is 13.7. The number of aldehydes is 1. The summed E-state index contributed by atoms with van der Waals surface area (Å²) in [5, 5.41) is 2.42. The third-order valence-electron chi connectivity index (χ3n) is 3.66. The summed E-state index contributed by atoms with van der Waals surface area (Å²) in [6.45, 7) is 1.51. The van der Waals surface area contributed by atoms with Crippen LogP contribution in [-0.4, -0.2) is 23.9 Å². The number of nitrogens with zero attached hydrogens (tertiary/aromatic N) is 1. The molecule has 4 nitrogen and oxygen atoms in total. The minimum absolute atomic E-state index is 0.129. The molecule has 0 unspecified atom stereocenters. The molecular weight excluding hydrogens is 453 g/mol. The van der Waals surface area contributed by atoms with Gasteiger partial charge >= 0.3 is 160 Å². The fraction of sp³-hybridized carbons (Fsp3) is 0.105. The first-order chi connectivity index (χ1) is 12.5. The van der Waals surface area contributed by atoms with Crippen LogP contribution in [0.4, 0.5) is 8.78 Å². The van der Waals surface area contributed by atoms with E-state index in [1.165, 1.54) is 25.1 Å². The van der Waals surface area contributed by atoms with E-state index in [0.717, 1.165) is 3.57 Å². The van der Waals surface area contributed by atoms with Gasteiger partial charge in [0.2, 0.25) is 0 Å². The maximum atomic E-state index is 14.9. The molecule has 0 spiro atoms. The maximum absolute atomic E-state index is 14.9. The van der Waals surface area contributed by atoms with Crippen molar-refractivity contribution >= 4 is 24.0 Å². The average Bonchev–Trinajstić information content (AvgIpc) is 3.04. The standard InChI is InChI=1S/C19H14F2IN2O2/c1-11(10-25)23-19(26)14-6-7-15-17(18(14)21)16(24-22-15)8-5-12-3-2-4-13(20)9-12/h2-11H,1H3,(H,23,26)/q-1/b8-5+/t11-/m0/s1. The number of carbonyl (C=O) groups excluding carboxylic acids is 2. The summed E-state index contributed by atoms with van der Waals surface area (Å²) in [7, 11) is 0. The Morgan fingerprint density at radius 2 is 2.04 bits per heavy atom. The third-order valence-corrected chi connectivity index (χ3v) is 5.84. The molecule has 1 amide bonds. The van der Waals surface area contributed by atoms with Gasteiger partial charge in [-0.15, -0.1) is 0 Å². The zero-order valence-corrected chi connectivity index (χ0v) is 15.8. The van der Waals surface area contributed by atoms with E-state index in [-0.39, 0.29) is 11.4 Å². The van der Waals surface area contributed by atoms with Gasteiger partial charge in [0.05, 0.1) is 0 Å². The molecule has 1 N–H and O–H groups in total. The normalized spacial score (nSPS) is 14.3. The van der Waals surface area contributed by atoms with Crippen molar-refractivity contribution in [2.24, 2.45) is 3.21 Å². The fourth-order valence-electron chi connectivity index (χ4n) is 2.38. The van der Waals surface area contributed by atoms with Crippen molar-refractivity contribution < 1.29 is 39.8 Å². The van der Waals surface area contributed by atoms with Gasteiger partial charge in [-0.3, -0.25) is 0 Å². The molecule has 1 heterocycles. The number of fused-ring (bicyclic) bond motifs is 1. The molecule has 0 saturated carbocycles. The van der Waals surface area contributed by atoms with E-state index in [1.807, 2.05) is 0 Å². The number of amides is 1. The van der Waals surface area contributed by atoms with E-state index in [2.05, 4.69) is 8.52 Å². The van der Waals surface area contributed by atoms with Gasteiger partial charge in [0, 0.05) is 0 Å². The van der Waals surface area contributed by atoms with Gasteiger partial charge < -0.3 is 0 Å². The van der Waals surface area contributed by atoms with Gasteiger partial charge in [-0.2, -0.15) is 0 Å². The van der Waals surface area contributed by atoms with Crippen molar-refractivity contribution in [3.63, 3.8) is 0 Å². The monoisotopic (exact) mass is 467 g/mol. The Balaban J connectivity index is 1.90. The van der Waals surface area contributed by atoms with Gasteiger partial charge in [-0.05, 0) is 0 Å². The molecule has 0 saturated heterocycles. The van der Waals surface area contributed by atoms with E-state index in [9.17, 15) is 18.4 Å². The summed E-state index contributed by atoms with van der Waals surface area (Å²) >= 11 is -0.742. The molecule has 1 aliphatic heterocycles. The molecule has 134 valence electrons. The van der Waals surface area contributed by atoms with Crippen LogP contribution < -0.4 is 26.8 Å². The van der Waals surface area contributed by atoms with E-state index in [4.69, 9.17) is 0 Å². The van der Waals surface area contributed by atoms with Crippen LogP contribution in [0.1, 0.15) is 28.4 Å². The molecule has 3 rings (SSSR count). The van der Waals surface area contributed by atoms with Crippen LogP contribution >= 0.6 is 0 Å². The minimum atomic E-state index is -0.742. The molecule has 0 aliphatic carbocycles. The summed E-state index contributed by atoms with van der Waals surface area (Å²) < 4.78 is 33.3. The molecule has 0 aromatic heterocycles. The van der Waals surface area contributed by atoms with Crippen molar-refractivity contribution in [1.82, 2.24) is 5.32 Å². The Kier molecular flexibility index (Phi) is 5.55. The summed E-state index contributed by atoms with van der Waals surface area (Å²) in [4.78, 5) is 22.8. The number of benzene rings is 2. The molecule has 2 aromatic carbocycles. The predicted molar refractivity (Wildman–Crippen MR) is 90.1 cm³/mol. The van der Waals surface area contributed by atoms with Crippen LogP contribution in [0.5, 0.6) is 0 Å². The molecular formula is C19H14F2IN2O2-. The van der Waals surface area contributed by atoms with Crippen molar-refractivity contribution in [2.45, 2.75) is 13.0 Å². The number of rotatable bonds is 5. The van der Waals surface area contributed by atoms with Gasteiger partial charge in [0.25, 0.3) is 0 Å². The van der Waals surface area contributed by atoms with Gasteiger partial charge in [-0.1, -0.05) is 0 Å².